The van der Waals surface area contributed by atoms with Crippen LogP contribution in [-0.2, 0) is 0 Å². The summed E-state index contributed by atoms with van der Waals surface area (Å²) in [6.07, 6.45) is 0. The zero-order chi connectivity index (χ0) is 9.38. The minimum atomic E-state index is 0. The van der Waals surface area contributed by atoms with E-state index < -0.39 is 0 Å². The van der Waals surface area contributed by atoms with Gasteiger partial charge in [-0.25, -0.2) is 0 Å². The Balaban J connectivity index is 0.000000853. The van der Waals surface area contributed by atoms with E-state index in [1.807, 2.05) is 0 Å². The summed E-state index contributed by atoms with van der Waals surface area (Å²) in [6.45, 7) is 0. The molecule has 0 aliphatic rings. The van der Waals surface area contributed by atoms with E-state index >= 15 is 0 Å². The van der Waals surface area contributed by atoms with Crippen LogP contribution >= 0.6 is 0 Å². The van der Waals surface area contributed by atoms with Crippen molar-refractivity contribution in [3.8, 4) is 0 Å². The second-order valence-electron chi connectivity index (χ2n) is 3.51. The predicted molar refractivity (Wildman–Crippen MR) is 67.2 cm³/mol. The quantitative estimate of drug-likeness (QED) is 0.424. The summed E-state index contributed by atoms with van der Waals surface area (Å²) in [4.78, 5) is 0. The molecular weight excluding hydrogens is 243 g/mol. The molecule has 0 N–H and O–H groups in total. The van der Waals surface area contributed by atoms with Crippen LogP contribution in [0.2, 0.25) is 0 Å². The number of rotatable bonds is 0. The fourth-order valence-electron chi connectivity index (χ4n) is 1.95. The SMILES string of the molecule is [As].c1ccc2c(c1)ccc1ccccc12. The molecule has 0 fully saturated rings. The van der Waals surface area contributed by atoms with Gasteiger partial charge < -0.3 is 0 Å². The third-order valence-corrected chi connectivity index (χ3v) is 2.65. The van der Waals surface area contributed by atoms with E-state index in [0.29, 0.717) is 0 Å². The Morgan fingerprint density at radius 1 is 0.467 bits per heavy atom. The van der Waals surface area contributed by atoms with Crippen LogP contribution in [0.1, 0.15) is 0 Å². The molecule has 3 aromatic rings. The first-order chi connectivity index (χ1) is 6.95. The van der Waals surface area contributed by atoms with Crippen molar-refractivity contribution in [2.75, 3.05) is 0 Å². The summed E-state index contributed by atoms with van der Waals surface area (Å²) in [6, 6.07) is 21.4. The first-order valence-electron chi connectivity index (χ1n) is 4.82. The maximum atomic E-state index is 2.18. The Bertz CT molecular complexity index is 544. The van der Waals surface area contributed by atoms with Crippen molar-refractivity contribution in [2.24, 2.45) is 0 Å². The maximum Gasteiger partial charge on any atom is 0 e. The second-order valence-corrected chi connectivity index (χ2v) is 3.51. The van der Waals surface area contributed by atoms with Crippen molar-refractivity contribution in [2.45, 2.75) is 0 Å². The van der Waals surface area contributed by atoms with E-state index in [4.69, 9.17) is 0 Å². The average molecular weight is 253 g/mol. The molecule has 71 valence electrons. The molecule has 0 aliphatic carbocycles. The zero-order valence-electron chi connectivity index (χ0n) is 8.22. The molecule has 0 unspecified atom stereocenters. The van der Waals surface area contributed by atoms with Gasteiger partial charge in [0, 0.05) is 18.0 Å². The van der Waals surface area contributed by atoms with Gasteiger partial charge in [-0.15, -0.1) is 0 Å². The van der Waals surface area contributed by atoms with Crippen LogP contribution in [0.25, 0.3) is 21.5 Å². The van der Waals surface area contributed by atoms with E-state index in [-0.39, 0.29) is 18.0 Å². The van der Waals surface area contributed by atoms with Crippen molar-refractivity contribution in [3.05, 3.63) is 60.7 Å². The van der Waals surface area contributed by atoms with Crippen LogP contribution in [0.3, 0.4) is 0 Å². The van der Waals surface area contributed by atoms with Crippen LogP contribution in [0.5, 0.6) is 0 Å². The Morgan fingerprint density at radius 2 is 0.867 bits per heavy atom. The summed E-state index contributed by atoms with van der Waals surface area (Å²) < 4.78 is 0. The van der Waals surface area contributed by atoms with Crippen LogP contribution < -0.4 is 0 Å². The Kier molecular flexibility index (Phi) is 2.79. The largest absolute Gasteiger partial charge is 0.0616 e. The van der Waals surface area contributed by atoms with Crippen LogP contribution in [-0.4, -0.2) is 18.0 Å². The molecule has 3 aromatic carbocycles. The predicted octanol–water partition coefficient (Wildman–Crippen LogP) is 3.61. The molecule has 0 heterocycles. The van der Waals surface area contributed by atoms with Crippen molar-refractivity contribution in [1.82, 2.24) is 0 Å². The molecule has 0 bridgehead atoms. The van der Waals surface area contributed by atoms with Gasteiger partial charge in [0.15, 0.2) is 0 Å². The van der Waals surface area contributed by atoms with Gasteiger partial charge in [0.05, 0.1) is 0 Å². The number of fused-ring (bicyclic) bond motifs is 3. The van der Waals surface area contributed by atoms with E-state index in [9.17, 15) is 0 Å². The van der Waals surface area contributed by atoms with Crippen LogP contribution in [0.15, 0.2) is 60.7 Å². The van der Waals surface area contributed by atoms with E-state index in [1.165, 1.54) is 21.5 Å². The summed E-state index contributed by atoms with van der Waals surface area (Å²) in [5.41, 5.74) is 0. The molecule has 15 heavy (non-hydrogen) atoms. The minimum absolute atomic E-state index is 0. The number of hydrogen-bond donors (Lipinski definition) is 0. The van der Waals surface area contributed by atoms with Crippen molar-refractivity contribution in [3.63, 3.8) is 0 Å². The van der Waals surface area contributed by atoms with Crippen LogP contribution in [0.4, 0.5) is 0 Å². The Hall–Kier alpha value is -1.26. The summed E-state index contributed by atoms with van der Waals surface area (Å²) in [5, 5.41) is 5.30. The molecule has 0 nitrogen and oxygen atoms in total. The normalized spacial score (nSPS) is 10.1. The van der Waals surface area contributed by atoms with Crippen molar-refractivity contribution < 1.29 is 0 Å². The molecule has 0 saturated heterocycles. The van der Waals surface area contributed by atoms with Crippen LogP contribution in [0, 0.1) is 0 Å². The fraction of sp³-hybridized carbons (Fsp3) is 0. The minimum Gasteiger partial charge on any atom is -0.0616 e. The molecule has 3 rings (SSSR count). The molecule has 1 heteroatoms. The molecule has 0 atom stereocenters. The Labute approximate surface area is 100 Å². The molecule has 3 radical (unpaired) electrons. The first kappa shape index (κ1) is 10.3. The smallest absolute Gasteiger partial charge is 0 e. The monoisotopic (exact) mass is 253 g/mol. The van der Waals surface area contributed by atoms with Gasteiger partial charge in [-0.1, -0.05) is 60.7 Å². The molecule has 0 amide bonds. The van der Waals surface area contributed by atoms with E-state index in [2.05, 4.69) is 60.7 Å². The summed E-state index contributed by atoms with van der Waals surface area (Å²) in [7, 11) is 0. The first-order valence-corrected chi connectivity index (χ1v) is 4.82. The van der Waals surface area contributed by atoms with E-state index in [1.54, 1.807) is 0 Å². The molecular formula is C14H10As. The number of hydrogen-bond acceptors (Lipinski definition) is 0. The molecule has 0 spiro atoms. The topological polar surface area (TPSA) is 0 Å². The maximum absolute atomic E-state index is 2.18. The third-order valence-electron chi connectivity index (χ3n) is 2.65. The molecule has 0 aromatic heterocycles. The van der Waals surface area contributed by atoms with Gasteiger partial charge in [0.25, 0.3) is 0 Å². The van der Waals surface area contributed by atoms with Crippen molar-refractivity contribution >= 4 is 39.5 Å². The van der Waals surface area contributed by atoms with Gasteiger partial charge in [-0.3, -0.25) is 0 Å². The van der Waals surface area contributed by atoms with Gasteiger partial charge in [-0.2, -0.15) is 0 Å². The summed E-state index contributed by atoms with van der Waals surface area (Å²) >= 11 is 0. The van der Waals surface area contributed by atoms with Gasteiger partial charge in [0.1, 0.15) is 0 Å². The number of benzene rings is 3. The van der Waals surface area contributed by atoms with Gasteiger partial charge >= 0.3 is 0 Å². The van der Waals surface area contributed by atoms with Crippen molar-refractivity contribution in [1.29, 1.82) is 0 Å². The average Bonchev–Trinajstić information content (AvgIpc) is 2.29. The zero-order valence-corrected chi connectivity index (χ0v) is 10.1. The second kappa shape index (κ2) is 4.08. The standard InChI is InChI=1S/C14H10.As/c1-3-7-13-11(5-1)9-10-12-6-2-4-8-14(12)13;/h1-10H;. The summed E-state index contributed by atoms with van der Waals surface area (Å²) in [5.74, 6) is 0. The van der Waals surface area contributed by atoms with E-state index in [0.717, 1.165) is 0 Å². The van der Waals surface area contributed by atoms with Gasteiger partial charge in [-0.05, 0) is 21.5 Å². The van der Waals surface area contributed by atoms with Gasteiger partial charge in [0.2, 0.25) is 0 Å². The third kappa shape index (κ3) is 1.66. The Morgan fingerprint density at radius 3 is 1.33 bits per heavy atom. The molecule has 0 saturated carbocycles. The molecule has 0 aliphatic heterocycles. The fourth-order valence-corrected chi connectivity index (χ4v) is 1.95.